The van der Waals surface area contributed by atoms with E-state index in [1.165, 1.54) is 15.9 Å². The summed E-state index contributed by atoms with van der Waals surface area (Å²) in [6.45, 7) is 2.30. The Bertz CT molecular complexity index is 720. The summed E-state index contributed by atoms with van der Waals surface area (Å²) in [5.74, 6) is 2.05. The molecule has 0 saturated carbocycles. The van der Waals surface area contributed by atoms with Crippen LogP contribution >= 0.6 is 6.89 Å². The second-order valence-corrected chi connectivity index (χ2v) is 8.66. The van der Waals surface area contributed by atoms with Crippen molar-refractivity contribution in [3.63, 3.8) is 0 Å². The van der Waals surface area contributed by atoms with Gasteiger partial charge in [0.25, 0.3) is 0 Å². The van der Waals surface area contributed by atoms with Crippen molar-refractivity contribution in [2.75, 3.05) is 6.61 Å². The minimum atomic E-state index is -1.98. The van der Waals surface area contributed by atoms with Crippen LogP contribution in [0.3, 0.4) is 0 Å². The molecule has 0 unspecified atom stereocenters. The Morgan fingerprint density at radius 1 is 0.667 bits per heavy atom. The average Bonchev–Trinajstić information content (AvgIpc) is 2.68. The summed E-state index contributed by atoms with van der Waals surface area (Å²) in [6.07, 6.45) is 1.78. The molecule has 0 aromatic heterocycles. The zero-order chi connectivity index (χ0) is 16.7. The van der Waals surface area contributed by atoms with E-state index in [2.05, 4.69) is 104 Å². The van der Waals surface area contributed by atoms with Crippen LogP contribution < -0.4 is 15.9 Å². The maximum atomic E-state index is 5.92. The SMILES string of the molecule is C=CCOC=P(c1ccccc1)(c1ccccc1)c1ccccc1. The van der Waals surface area contributed by atoms with Crippen LogP contribution in [-0.2, 0) is 4.74 Å². The Labute approximate surface area is 144 Å². The van der Waals surface area contributed by atoms with Gasteiger partial charge in [-0.2, -0.15) is 0 Å². The van der Waals surface area contributed by atoms with Gasteiger partial charge >= 0.3 is 0 Å². The second-order valence-electron chi connectivity index (χ2n) is 5.46. The zero-order valence-corrected chi connectivity index (χ0v) is 14.5. The number of benzene rings is 3. The second kappa shape index (κ2) is 7.97. The fourth-order valence-electron chi connectivity index (χ4n) is 2.84. The lowest BCUT2D eigenvalue weighted by Crippen LogP contribution is -2.27. The van der Waals surface area contributed by atoms with Gasteiger partial charge in [0.1, 0.15) is 0 Å². The quantitative estimate of drug-likeness (QED) is 0.377. The summed E-state index contributed by atoms with van der Waals surface area (Å²) >= 11 is 0. The first-order chi connectivity index (χ1) is 11.9. The molecule has 120 valence electrons. The predicted molar refractivity (Wildman–Crippen MR) is 107 cm³/mol. The highest BCUT2D eigenvalue weighted by Crippen LogP contribution is 2.43. The molecule has 0 bridgehead atoms. The number of ether oxygens (including phenoxy) is 1. The van der Waals surface area contributed by atoms with Gasteiger partial charge in [-0.1, -0.05) is 97.1 Å². The van der Waals surface area contributed by atoms with Crippen molar-refractivity contribution in [2.24, 2.45) is 0 Å². The third-order valence-corrected chi connectivity index (χ3v) is 7.74. The monoisotopic (exact) mass is 332 g/mol. The number of hydrogen-bond donors (Lipinski definition) is 0. The van der Waals surface area contributed by atoms with E-state index >= 15 is 0 Å². The van der Waals surface area contributed by atoms with E-state index in [0.29, 0.717) is 6.61 Å². The van der Waals surface area contributed by atoms with E-state index in [0.717, 1.165) is 0 Å². The third-order valence-electron chi connectivity index (χ3n) is 3.94. The molecule has 0 saturated heterocycles. The molecular weight excluding hydrogens is 311 g/mol. The fourth-order valence-corrected chi connectivity index (χ4v) is 6.34. The van der Waals surface area contributed by atoms with E-state index < -0.39 is 6.89 Å². The van der Waals surface area contributed by atoms with Crippen molar-refractivity contribution >= 4 is 28.8 Å². The fraction of sp³-hybridized carbons (Fsp3) is 0.0455. The Balaban J connectivity index is 2.33. The molecule has 24 heavy (non-hydrogen) atoms. The van der Waals surface area contributed by atoms with Crippen molar-refractivity contribution in [3.05, 3.63) is 104 Å². The average molecular weight is 332 g/mol. The largest absolute Gasteiger partial charge is 0.349 e. The van der Waals surface area contributed by atoms with Gasteiger partial charge in [-0.05, 0) is 22.8 Å². The predicted octanol–water partition coefficient (Wildman–Crippen LogP) is 3.94. The molecule has 0 amide bonds. The molecule has 0 aliphatic carbocycles. The minimum absolute atomic E-state index is 0.508. The molecule has 3 rings (SSSR count). The van der Waals surface area contributed by atoms with Gasteiger partial charge in [0.05, 0.1) is 6.61 Å². The lowest BCUT2D eigenvalue weighted by Gasteiger charge is -2.28. The van der Waals surface area contributed by atoms with Gasteiger partial charge in [-0.3, -0.25) is 0 Å². The van der Waals surface area contributed by atoms with Crippen LogP contribution in [0, 0.1) is 0 Å². The van der Waals surface area contributed by atoms with Crippen LogP contribution in [-0.4, -0.2) is 12.6 Å². The van der Waals surface area contributed by atoms with Gasteiger partial charge in [0.2, 0.25) is 0 Å². The van der Waals surface area contributed by atoms with Crippen molar-refractivity contribution in [3.8, 4) is 0 Å². The first-order valence-electron chi connectivity index (χ1n) is 8.00. The lowest BCUT2D eigenvalue weighted by atomic mass is 10.4. The van der Waals surface area contributed by atoms with Crippen LogP contribution in [0.5, 0.6) is 0 Å². The maximum Gasteiger partial charge on any atom is 0.0704 e. The standard InChI is InChI=1S/C22H21OP/c1-2-18-23-19-24(20-12-6-3-7-13-20,21-14-8-4-9-15-21)22-16-10-5-11-17-22/h2-17,19H,1,18H2. The molecule has 3 aromatic carbocycles. The molecule has 0 N–H and O–H groups in total. The van der Waals surface area contributed by atoms with E-state index in [1.807, 2.05) is 0 Å². The van der Waals surface area contributed by atoms with E-state index in [-0.39, 0.29) is 0 Å². The summed E-state index contributed by atoms with van der Waals surface area (Å²) in [7, 11) is 0. The zero-order valence-electron chi connectivity index (χ0n) is 13.6. The first-order valence-corrected chi connectivity index (χ1v) is 9.86. The van der Waals surface area contributed by atoms with Crippen molar-refractivity contribution in [1.82, 2.24) is 0 Å². The summed E-state index contributed by atoms with van der Waals surface area (Å²) < 4.78 is 5.92. The Hall–Kier alpha value is -2.34. The molecular formula is C22H21OP. The topological polar surface area (TPSA) is 9.23 Å². The van der Waals surface area contributed by atoms with Gasteiger partial charge < -0.3 is 4.74 Å². The van der Waals surface area contributed by atoms with Crippen molar-refractivity contribution < 1.29 is 4.74 Å². The van der Waals surface area contributed by atoms with Gasteiger partial charge in [0, 0.05) is 5.98 Å². The van der Waals surface area contributed by atoms with Crippen LogP contribution in [0.15, 0.2) is 104 Å². The van der Waals surface area contributed by atoms with Crippen molar-refractivity contribution in [1.29, 1.82) is 0 Å². The minimum Gasteiger partial charge on any atom is -0.349 e. The van der Waals surface area contributed by atoms with Crippen LogP contribution in [0.2, 0.25) is 0 Å². The molecule has 0 radical (unpaired) electrons. The smallest absolute Gasteiger partial charge is 0.0704 e. The van der Waals surface area contributed by atoms with Crippen LogP contribution in [0.4, 0.5) is 0 Å². The normalized spacial score (nSPS) is 11.0. The van der Waals surface area contributed by atoms with E-state index in [4.69, 9.17) is 4.74 Å². The summed E-state index contributed by atoms with van der Waals surface area (Å²) in [5.41, 5.74) is 0. The number of hydrogen-bond acceptors (Lipinski definition) is 1. The molecule has 3 aromatic rings. The van der Waals surface area contributed by atoms with Crippen LogP contribution in [0.1, 0.15) is 0 Å². The van der Waals surface area contributed by atoms with E-state index in [1.54, 1.807) is 6.08 Å². The molecule has 0 spiro atoms. The Morgan fingerprint density at radius 2 is 1.04 bits per heavy atom. The third kappa shape index (κ3) is 3.28. The summed E-state index contributed by atoms with van der Waals surface area (Å²) in [4.78, 5) is 0. The Kier molecular flexibility index (Phi) is 5.48. The summed E-state index contributed by atoms with van der Waals surface area (Å²) in [6, 6.07) is 31.9. The molecule has 2 heteroatoms. The molecule has 0 aliphatic rings. The maximum absolute atomic E-state index is 5.92. The highest BCUT2D eigenvalue weighted by Gasteiger charge is 2.25. The van der Waals surface area contributed by atoms with E-state index in [9.17, 15) is 0 Å². The van der Waals surface area contributed by atoms with Crippen molar-refractivity contribution in [2.45, 2.75) is 0 Å². The molecule has 1 nitrogen and oxygen atoms in total. The van der Waals surface area contributed by atoms with Gasteiger partial charge in [0.15, 0.2) is 0 Å². The molecule has 0 aliphatic heterocycles. The molecule has 0 fully saturated rings. The first kappa shape index (κ1) is 16.5. The van der Waals surface area contributed by atoms with Gasteiger partial charge in [-0.25, -0.2) is 0 Å². The highest BCUT2D eigenvalue weighted by atomic mass is 31.2. The molecule has 0 atom stereocenters. The van der Waals surface area contributed by atoms with Gasteiger partial charge in [-0.15, -0.1) is 6.58 Å². The Morgan fingerprint density at radius 3 is 1.38 bits per heavy atom. The summed E-state index contributed by atoms with van der Waals surface area (Å²) in [5, 5.41) is 3.85. The molecule has 0 heterocycles. The van der Waals surface area contributed by atoms with Crippen LogP contribution in [0.25, 0.3) is 0 Å². The highest BCUT2D eigenvalue weighted by molar-refractivity contribution is 7.94. The number of rotatable bonds is 6. The lowest BCUT2D eigenvalue weighted by molar-refractivity contribution is 0.376.